The van der Waals surface area contributed by atoms with Crippen molar-refractivity contribution in [3.05, 3.63) is 41.7 Å². The summed E-state index contributed by atoms with van der Waals surface area (Å²) in [6, 6.07) is 0. The van der Waals surface area contributed by atoms with Crippen LogP contribution < -0.4 is 0 Å². The van der Waals surface area contributed by atoms with Gasteiger partial charge in [-0.1, -0.05) is 128 Å². The van der Waals surface area contributed by atoms with Gasteiger partial charge in [0.15, 0.2) is 19.0 Å². The van der Waals surface area contributed by atoms with E-state index < -0.39 is 0 Å². The molecule has 2 heteroatoms. The molecule has 0 radical (unpaired) electrons. The molecule has 0 N–H and O–H groups in total. The third-order valence-corrected chi connectivity index (χ3v) is 9.08. The molecular weight excluding hydrogens is 472 g/mol. The molecule has 2 nitrogen and oxygen atoms in total. The van der Waals surface area contributed by atoms with Crippen LogP contribution in [0.5, 0.6) is 0 Å². The van der Waals surface area contributed by atoms with Gasteiger partial charge >= 0.3 is 0 Å². The van der Waals surface area contributed by atoms with Gasteiger partial charge < -0.3 is 4.90 Å². The molecule has 0 saturated heterocycles. The van der Waals surface area contributed by atoms with Crippen molar-refractivity contribution in [3.63, 3.8) is 0 Å². The minimum absolute atomic E-state index is 1.12. The monoisotopic (exact) mass is 535 g/mol. The summed E-state index contributed by atoms with van der Waals surface area (Å²) in [4.78, 5) is 2.57. The maximum absolute atomic E-state index is 3.48. The highest BCUT2D eigenvalue weighted by atomic mass is 15.1. The molecule has 39 heavy (non-hydrogen) atoms. The van der Waals surface area contributed by atoms with Crippen molar-refractivity contribution < 1.29 is 4.58 Å². The Morgan fingerprint density at radius 3 is 1.69 bits per heavy atom. The first-order chi connectivity index (χ1) is 19.4. The van der Waals surface area contributed by atoms with Crippen LogP contribution in [0.4, 0.5) is 0 Å². The molecule has 0 aromatic heterocycles. The lowest BCUT2D eigenvalue weighted by Gasteiger charge is -2.23. The first kappa shape index (κ1) is 32.0. The summed E-state index contributed by atoms with van der Waals surface area (Å²) in [5.41, 5.74) is 3.19. The Morgan fingerprint density at radius 2 is 1.08 bits per heavy atom. The van der Waals surface area contributed by atoms with Crippen molar-refractivity contribution in [2.75, 3.05) is 26.2 Å². The predicted octanol–water partition coefficient (Wildman–Crippen LogP) is 10.7. The molecule has 3 rings (SSSR count). The van der Waals surface area contributed by atoms with Crippen molar-refractivity contribution in [1.29, 1.82) is 0 Å². The lowest BCUT2D eigenvalue weighted by atomic mass is 10.0. The average molecular weight is 536 g/mol. The zero-order chi connectivity index (χ0) is 27.1. The SMILES string of the molecule is C1=CC=C2CCCCCCCCCCCCCCN3C=C(C=CC3)CCCCCCCCCCCCC[N+]=1C2. The third kappa shape index (κ3) is 16.4. The highest BCUT2D eigenvalue weighted by molar-refractivity contribution is 5.51. The number of nitrogens with zero attached hydrogens (tertiary/aromatic N) is 2. The fourth-order valence-electron chi connectivity index (χ4n) is 6.54. The zero-order valence-corrected chi connectivity index (χ0v) is 25.8. The molecule has 0 atom stereocenters. The molecule has 0 unspecified atom stereocenters. The second kappa shape index (κ2) is 22.2. The predicted molar refractivity (Wildman–Crippen MR) is 172 cm³/mol. The van der Waals surface area contributed by atoms with Crippen molar-refractivity contribution in [1.82, 2.24) is 4.90 Å². The third-order valence-electron chi connectivity index (χ3n) is 9.08. The van der Waals surface area contributed by atoms with Gasteiger partial charge in [-0.05, 0) is 55.7 Å². The molecule has 3 heterocycles. The molecule has 0 fully saturated rings. The first-order valence-corrected chi connectivity index (χ1v) is 17.5. The Hall–Kier alpha value is -1.53. The highest BCUT2D eigenvalue weighted by Gasteiger charge is 2.11. The first-order valence-electron chi connectivity index (χ1n) is 17.5. The van der Waals surface area contributed by atoms with E-state index in [1.165, 1.54) is 174 Å². The van der Waals surface area contributed by atoms with E-state index in [9.17, 15) is 0 Å². The minimum Gasteiger partial charge on any atom is -0.373 e. The van der Waals surface area contributed by atoms with Crippen LogP contribution in [0.3, 0.4) is 0 Å². The normalized spacial score (nSPS) is 23.8. The fourth-order valence-corrected chi connectivity index (χ4v) is 6.54. The Morgan fingerprint density at radius 1 is 0.564 bits per heavy atom. The number of allylic oxidation sites excluding steroid dienone is 4. The van der Waals surface area contributed by atoms with Crippen LogP contribution in [-0.2, 0) is 0 Å². The second-order valence-electron chi connectivity index (χ2n) is 12.8. The summed E-state index contributed by atoms with van der Waals surface area (Å²) in [5.74, 6) is 3.48. The van der Waals surface area contributed by atoms with Crippen LogP contribution in [0.1, 0.15) is 161 Å². The van der Waals surface area contributed by atoms with Gasteiger partial charge in [0.05, 0.1) is 0 Å². The quantitative estimate of drug-likeness (QED) is 0.280. The van der Waals surface area contributed by atoms with Crippen molar-refractivity contribution in [2.45, 2.75) is 161 Å². The van der Waals surface area contributed by atoms with E-state index in [4.69, 9.17) is 0 Å². The standard InChI is InChI=1S/C37H63N2/c1-2-6-10-14-18-22-30-38-32-25-29-37(35-38)27-21-17-13-9-5-3-7-11-15-19-23-31-39-33-24-28-36(34-39)26-20-16-12-8-4-1/h24-25,28-29,35H,1-23,26-27,30-32,34H2/q+1. The Kier molecular flexibility index (Phi) is 18.2. The minimum atomic E-state index is 1.12. The average Bonchev–Trinajstić information content (AvgIpc) is 2.95. The second-order valence-corrected chi connectivity index (χ2v) is 12.8. The van der Waals surface area contributed by atoms with Gasteiger partial charge in [-0.15, -0.1) is 0 Å². The van der Waals surface area contributed by atoms with Crippen LogP contribution in [0.2, 0.25) is 0 Å². The number of hydrogen-bond donors (Lipinski definition) is 0. The molecule has 3 aliphatic rings. The van der Waals surface area contributed by atoms with Crippen LogP contribution >= 0.6 is 0 Å². The van der Waals surface area contributed by atoms with Gasteiger partial charge in [0.1, 0.15) is 0 Å². The maximum Gasteiger partial charge on any atom is 0.174 e. The van der Waals surface area contributed by atoms with E-state index in [-0.39, 0.29) is 0 Å². The number of rotatable bonds is 0. The largest absolute Gasteiger partial charge is 0.373 e. The Labute approximate surface area is 243 Å². The molecule has 0 aliphatic carbocycles. The molecule has 0 spiro atoms. The molecule has 4 bridgehead atoms. The summed E-state index contributed by atoms with van der Waals surface area (Å²) >= 11 is 0. The molecule has 3 aliphatic heterocycles. The molecule has 0 saturated carbocycles. The van der Waals surface area contributed by atoms with Gasteiger partial charge in [-0.3, -0.25) is 0 Å². The number of fused-ring (bicyclic) bond motifs is 3. The molecule has 220 valence electrons. The summed E-state index contributed by atoms with van der Waals surface area (Å²) in [7, 11) is 0. The van der Waals surface area contributed by atoms with E-state index in [2.05, 4.69) is 45.8 Å². The van der Waals surface area contributed by atoms with Crippen LogP contribution in [-0.4, -0.2) is 41.5 Å². The summed E-state index contributed by atoms with van der Waals surface area (Å²) in [6.07, 6.45) is 47.0. The van der Waals surface area contributed by atoms with E-state index in [1.807, 2.05) is 0 Å². The van der Waals surface area contributed by atoms with Gasteiger partial charge in [0.2, 0.25) is 0 Å². The van der Waals surface area contributed by atoms with Gasteiger partial charge in [-0.25, -0.2) is 0 Å². The van der Waals surface area contributed by atoms with Crippen molar-refractivity contribution in [3.8, 4) is 0 Å². The topological polar surface area (TPSA) is 6.25 Å². The Balaban J connectivity index is 1.30. The summed E-state index contributed by atoms with van der Waals surface area (Å²) in [6.45, 7) is 4.69. The summed E-state index contributed by atoms with van der Waals surface area (Å²) in [5, 5.41) is 0. The number of hydrogen-bond acceptors (Lipinski definition) is 1. The molecule has 0 aromatic rings. The van der Waals surface area contributed by atoms with Gasteiger partial charge in [-0.2, -0.15) is 4.58 Å². The van der Waals surface area contributed by atoms with E-state index >= 15 is 0 Å². The van der Waals surface area contributed by atoms with Crippen LogP contribution in [0.15, 0.2) is 41.7 Å². The van der Waals surface area contributed by atoms with Crippen LogP contribution in [0, 0.1) is 0 Å². The van der Waals surface area contributed by atoms with Gasteiger partial charge in [0, 0.05) is 31.8 Å². The maximum atomic E-state index is 3.48. The van der Waals surface area contributed by atoms with E-state index in [0.29, 0.717) is 0 Å². The molecule has 0 aromatic carbocycles. The van der Waals surface area contributed by atoms with Crippen molar-refractivity contribution in [2.24, 2.45) is 0 Å². The lowest BCUT2D eigenvalue weighted by molar-refractivity contribution is -0.514. The lowest BCUT2D eigenvalue weighted by Crippen LogP contribution is -2.21. The highest BCUT2D eigenvalue weighted by Crippen LogP contribution is 2.19. The molecular formula is C37H63N2+. The van der Waals surface area contributed by atoms with E-state index in [0.717, 1.165) is 13.1 Å². The van der Waals surface area contributed by atoms with Gasteiger partial charge in [0.25, 0.3) is 0 Å². The smallest absolute Gasteiger partial charge is 0.174 e. The zero-order valence-electron chi connectivity index (χ0n) is 25.8. The molecule has 0 amide bonds. The fraction of sp³-hybridized carbons (Fsp3) is 0.784. The summed E-state index contributed by atoms with van der Waals surface area (Å²) < 4.78 is 2.44. The Bertz CT molecular complexity index is 779. The van der Waals surface area contributed by atoms with E-state index in [1.54, 1.807) is 11.1 Å². The van der Waals surface area contributed by atoms with Crippen LogP contribution in [0.25, 0.3) is 0 Å². The van der Waals surface area contributed by atoms with Crippen molar-refractivity contribution >= 4 is 5.87 Å².